The number of rotatable bonds is 5. The van der Waals surface area contributed by atoms with Crippen molar-refractivity contribution in [3.05, 3.63) is 87.2 Å². The smallest absolute Gasteiger partial charge is 0.279 e. The summed E-state index contributed by atoms with van der Waals surface area (Å²) in [7, 11) is -3.85. The Kier molecular flexibility index (Phi) is 6.62. The Hall–Kier alpha value is -3.38. The number of anilines is 1. The lowest BCUT2D eigenvalue weighted by Gasteiger charge is -2.09. The number of hydrogen-bond acceptors (Lipinski definition) is 4. The Balaban J connectivity index is 1.69. The number of halogens is 1. The number of fused-ring (bicyclic) bond motifs is 1. The fourth-order valence-electron chi connectivity index (χ4n) is 3.35. The first-order valence-corrected chi connectivity index (χ1v) is 12.9. The number of carbonyl (C=O) groups excluding carboxylic acids is 1. The topological polar surface area (TPSA) is 80.5 Å². The number of nitrogens with zero attached hydrogens (tertiary/aromatic N) is 2. The predicted octanol–water partition coefficient (Wildman–Crippen LogP) is 5.15. The molecule has 0 atom stereocenters. The van der Waals surface area contributed by atoms with E-state index in [0.29, 0.717) is 9.82 Å². The summed E-state index contributed by atoms with van der Waals surface area (Å²) in [6, 6.07) is 16.1. The molecule has 0 aliphatic carbocycles. The number of nitrogens with one attached hydrogen (secondary N) is 1. The molecule has 0 saturated carbocycles. The summed E-state index contributed by atoms with van der Waals surface area (Å²) in [5, 5.41) is 0.432. The van der Waals surface area contributed by atoms with Gasteiger partial charge in [0.1, 0.15) is 0 Å². The summed E-state index contributed by atoms with van der Waals surface area (Å²) in [6.07, 6.45) is 5.56. The lowest BCUT2D eigenvalue weighted by atomic mass is 10.1. The molecule has 34 heavy (non-hydrogen) atoms. The van der Waals surface area contributed by atoms with Crippen LogP contribution in [0.3, 0.4) is 0 Å². The number of thiazole rings is 1. The summed E-state index contributed by atoms with van der Waals surface area (Å²) in [4.78, 5) is 17.8. The average molecular weight is 510 g/mol. The zero-order valence-electron chi connectivity index (χ0n) is 18.4. The molecule has 0 bridgehead atoms. The standard InChI is InChI=1S/C25H20ClN3O3S2/c1-4-12-29-22-13-16(2)17(3)14-23(22)33-25(29)27-24(30)18-6-5-7-20(15-18)28-34(31,32)21-10-8-19(26)9-11-21/h1,5-11,13-15,28H,12H2,2-3H3. The SMILES string of the molecule is C#CCn1c(=NC(=O)c2cccc(NS(=O)(=O)c3ccc(Cl)cc3)c2)sc2cc(C)c(C)cc21. The molecule has 0 aliphatic rings. The maximum absolute atomic E-state index is 13.0. The third-order valence-electron chi connectivity index (χ3n) is 5.23. The summed E-state index contributed by atoms with van der Waals surface area (Å²) < 4.78 is 30.6. The van der Waals surface area contributed by atoms with Crippen LogP contribution in [0.4, 0.5) is 5.69 Å². The number of amides is 1. The van der Waals surface area contributed by atoms with E-state index in [1.807, 2.05) is 24.5 Å². The number of aryl methyl sites for hydroxylation is 2. The molecule has 3 aromatic carbocycles. The maximum Gasteiger partial charge on any atom is 0.279 e. The van der Waals surface area contributed by atoms with Crippen molar-refractivity contribution in [2.45, 2.75) is 25.3 Å². The van der Waals surface area contributed by atoms with Crippen molar-refractivity contribution in [2.75, 3.05) is 4.72 Å². The van der Waals surface area contributed by atoms with Gasteiger partial charge in [-0.15, -0.1) is 6.42 Å². The largest absolute Gasteiger partial charge is 0.305 e. The van der Waals surface area contributed by atoms with Crippen molar-refractivity contribution in [1.29, 1.82) is 0 Å². The molecule has 0 unspecified atom stereocenters. The molecule has 1 N–H and O–H groups in total. The minimum atomic E-state index is -3.85. The number of terminal acetylenes is 1. The van der Waals surface area contributed by atoms with E-state index >= 15 is 0 Å². The van der Waals surface area contributed by atoms with Gasteiger partial charge in [0, 0.05) is 16.3 Å². The van der Waals surface area contributed by atoms with Crippen LogP contribution in [0, 0.1) is 26.2 Å². The van der Waals surface area contributed by atoms with Crippen molar-refractivity contribution >= 4 is 54.8 Å². The third kappa shape index (κ3) is 4.92. The highest BCUT2D eigenvalue weighted by Crippen LogP contribution is 2.23. The highest BCUT2D eigenvalue weighted by molar-refractivity contribution is 7.92. The number of carbonyl (C=O) groups is 1. The lowest BCUT2D eigenvalue weighted by Crippen LogP contribution is -2.17. The molecule has 4 rings (SSSR count). The van der Waals surface area contributed by atoms with Crippen LogP contribution in [-0.2, 0) is 16.6 Å². The van der Waals surface area contributed by atoms with Crippen LogP contribution in [0.25, 0.3) is 10.2 Å². The number of hydrogen-bond donors (Lipinski definition) is 1. The zero-order valence-corrected chi connectivity index (χ0v) is 20.8. The first-order valence-electron chi connectivity index (χ1n) is 10.2. The molecule has 1 amide bonds. The van der Waals surface area contributed by atoms with E-state index in [-0.39, 0.29) is 22.7 Å². The Morgan fingerprint density at radius 3 is 2.53 bits per heavy atom. The second-order valence-corrected chi connectivity index (χ2v) is 10.8. The molecule has 1 heterocycles. The van der Waals surface area contributed by atoms with Crippen LogP contribution >= 0.6 is 22.9 Å². The van der Waals surface area contributed by atoms with Crippen LogP contribution < -0.4 is 9.52 Å². The minimum Gasteiger partial charge on any atom is -0.305 e. The molecule has 9 heteroatoms. The van der Waals surface area contributed by atoms with Crippen molar-refractivity contribution < 1.29 is 13.2 Å². The fourth-order valence-corrected chi connectivity index (χ4v) is 5.63. The van der Waals surface area contributed by atoms with Crippen molar-refractivity contribution in [3.8, 4) is 12.3 Å². The zero-order chi connectivity index (χ0) is 24.5. The van der Waals surface area contributed by atoms with E-state index in [9.17, 15) is 13.2 Å². The molecule has 0 aliphatic heterocycles. The van der Waals surface area contributed by atoms with Gasteiger partial charge in [-0.2, -0.15) is 4.99 Å². The number of sulfonamides is 1. The van der Waals surface area contributed by atoms with Crippen molar-refractivity contribution in [2.24, 2.45) is 4.99 Å². The van der Waals surface area contributed by atoms with Gasteiger partial charge in [0.05, 0.1) is 21.7 Å². The fraction of sp³-hybridized carbons (Fsp3) is 0.120. The van der Waals surface area contributed by atoms with Crippen LogP contribution in [0.15, 0.2) is 70.6 Å². The molecule has 4 aromatic rings. The van der Waals surface area contributed by atoms with Gasteiger partial charge in [-0.05, 0) is 79.6 Å². The minimum absolute atomic E-state index is 0.0597. The van der Waals surface area contributed by atoms with Crippen molar-refractivity contribution in [3.63, 3.8) is 0 Å². The Morgan fingerprint density at radius 2 is 1.82 bits per heavy atom. The second-order valence-electron chi connectivity index (χ2n) is 7.64. The van der Waals surface area contributed by atoms with Gasteiger partial charge in [-0.1, -0.05) is 34.9 Å². The number of aromatic nitrogens is 1. The Morgan fingerprint density at radius 1 is 1.12 bits per heavy atom. The molecule has 1 aromatic heterocycles. The van der Waals surface area contributed by atoms with Gasteiger partial charge in [0.2, 0.25) is 0 Å². The van der Waals surface area contributed by atoms with E-state index in [2.05, 4.69) is 21.7 Å². The highest BCUT2D eigenvalue weighted by atomic mass is 35.5. The first kappa shape index (κ1) is 23.8. The van der Waals surface area contributed by atoms with E-state index in [1.165, 1.54) is 41.7 Å². The quantitative estimate of drug-likeness (QED) is 0.378. The summed E-state index contributed by atoms with van der Waals surface area (Å²) in [6.45, 7) is 4.32. The lowest BCUT2D eigenvalue weighted by molar-refractivity contribution is 0.0998. The third-order valence-corrected chi connectivity index (χ3v) is 7.92. The van der Waals surface area contributed by atoms with Gasteiger partial charge in [0.15, 0.2) is 4.80 Å². The molecular formula is C25H20ClN3O3S2. The van der Waals surface area contributed by atoms with Gasteiger partial charge >= 0.3 is 0 Å². The van der Waals surface area contributed by atoms with Crippen LogP contribution in [0.2, 0.25) is 5.02 Å². The van der Waals surface area contributed by atoms with Crippen LogP contribution in [-0.4, -0.2) is 18.9 Å². The Bertz CT molecular complexity index is 1630. The van der Waals surface area contributed by atoms with E-state index in [1.54, 1.807) is 18.2 Å². The van der Waals surface area contributed by atoms with Gasteiger partial charge in [0.25, 0.3) is 15.9 Å². The molecule has 0 spiro atoms. The predicted molar refractivity (Wildman–Crippen MR) is 137 cm³/mol. The molecule has 0 radical (unpaired) electrons. The number of benzene rings is 3. The van der Waals surface area contributed by atoms with E-state index < -0.39 is 15.9 Å². The summed E-state index contributed by atoms with van der Waals surface area (Å²) >= 11 is 7.22. The van der Waals surface area contributed by atoms with Crippen molar-refractivity contribution in [1.82, 2.24) is 4.57 Å². The average Bonchev–Trinajstić information content (AvgIpc) is 3.10. The van der Waals surface area contributed by atoms with Gasteiger partial charge in [-0.3, -0.25) is 9.52 Å². The molecule has 0 fully saturated rings. The molecule has 6 nitrogen and oxygen atoms in total. The first-order chi connectivity index (χ1) is 16.2. The van der Waals surface area contributed by atoms with Crippen LogP contribution in [0.5, 0.6) is 0 Å². The molecule has 0 saturated heterocycles. The van der Waals surface area contributed by atoms with E-state index in [4.69, 9.17) is 18.0 Å². The Labute approximate surface area is 206 Å². The van der Waals surface area contributed by atoms with Gasteiger partial charge < -0.3 is 4.57 Å². The van der Waals surface area contributed by atoms with Gasteiger partial charge in [-0.25, -0.2) is 8.42 Å². The molecule has 172 valence electrons. The summed E-state index contributed by atoms with van der Waals surface area (Å²) in [5.41, 5.74) is 3.67. The van der Waals surface area contributed by atoms with E-state index in [0.717, 1.165) is 21.3 Å². The highest BCUT2D eigenvalue weighted by Gasteiger charge is 2.16. The maximum atomic E-state index is 13.0. The summed E-state index contributed by atoms with van der Waals surface area (Å²) in [5.74, 6) is 2.12. The molecular weight excluding hydrogens is 490 g/mol. The van der Waals surface area contributed by atoms with Crippen LogP contribution in [0.1, 0.15) is 21.5 Å². The second kappa shape index (κ2) is 9.47. The normalized spacial score (nSPS) is 12.0. The monoisotopic (exact) mass is 509 g/mol.